The topological polar surface area (TPSA) is 94.8 Å². The van der Waals surface area contributed by atoms with E-state index in [0.717, 1.165) is 22.1 Å². The highest BCUT2D eigenvalue weighted by Gasteiger charge is 2.17. The van der Waals surface area contributed by atoms with Crippen molar-refractivity contribution in [3.63, 3.8) is 0 Å². The number of ether oxygens (including phenoxy) is 2. The number of rotatable bonds is 10. The predicted molar refractivity (Wildman–Crippen MR) is 166 cm³/mol. The van der Waals surface area contributed by atoms with E-state index < -0.39 is 0 Å². The van der Waals surface area contributed by atoms with E-state index in [4.69, 9.17) is 14.5 Å². The number of hydrogen-bond acceptors (Lipinski definition) is 6. The third kappa shape index (κ3) is 6.79. The van der Waals surface area contributed by atoms with Crippen molar-refractivity contribution in [3.8, 4) is 11.5 Å². The molecule has 1 aromatic heterocycles. The summed E-state index contributed by atoms with van der Waals surface area (Å²) in [5, 5.41) is 7.89. The summed E-state index contributed by atoms with van der Waals surface area (Å²) >= 11 is 7.01. The predicted octanol–water partition coefficient (Wildman–Crippen LogP) is 7.04. The molecule has 0 aliphatic heterocycles. The Kier molecular flexibility index (Phi) is 9.76. The Bertz CT molecular complexity index is 1630. The molecule has 1 amide bonds. The number of aromatic nitrogens is 2. The monoisotopic (exact) mass is 668 g/mol. The zero-order valence-corrected chi connectivity index (χ0v) is 25.9. The van der Waals surface area contributed by atoms with E-state index in [1.165, 1.54) is 4.68 Å². The van der Waals surface area contributed by atoms with Crippen LogP contribution in [-0.2, 0) is 4.79 Å². The highest BCUT2D eigenvalue weighted by atomic mass is 79.9. The number of nitrogens with zero attached hydrogens (tertiary/aromatic N) is 3. The molecular weight excluding hydrogens is 640 g/mol. The summed E-state index contributed by atoms with van der Waals surface area (Å²) in [5.74, 6) is 1.17. The second-order valence-corrected chi connectivity index (χ2v) is 11.0. The Hall–Kier alpha value is -3.50. The van der Waals surface area contributed by atoms with Crippen LogP contribution in [0.4, 0.5) is 5.69 Å². The van der Waals surface area contributed by atoms with E-state index >= 15 is 0 Å². The normalized spacial score (nSPS) is 12.1. The van der Waals surface area contributed by atoms with Crippen LogP contribution in [-0.4, -0.2) is 35.0 Å². The minimum atomic E-state index is -0.286. The van der Waals surface area contributed by atoms with Crippen LogP contribution in [0.15, 0.2) is 73.4 Å². The Morgan fingerprint density at radius 2 is 1.85 bits per heavy atom. The SMILES string of the molecule is CCOc1cc(C=Nn2c([C@@H](C)CC)nc3ccc(Br)cc3c2=O)c(Br)cc1OCC(=O)Nc1ccccc1C. The maximum Gasteiger partial charge on any atom is 0.282 e. The first-order valence-corrected chi connectivity index (χ1v) is 14.5. The molecule has 0 unspecified atom stereocenters. The Balaban J connectivity index is 1.63. The molecule has 4 rings (SSSR count). The lowest BCUT2D eigenvalue weighted by atomic mass is 10.1. The first kappa shape index (κ1) is 29.5. The van der Waals surface area contributed by atoms with Gasteiger partial charge in [0.05, 0.1) is 23.7 Å². The lowest BCUT2D eigenvalue weighted by molar-refractivity contribution is -0.118. The number of hydrogen-bond donors (Lipinski definition) is 1. The molecular formula is C30H30Br2N4O4. The van der Waals surface area contributed by atoms with Gasteiger partial charge in [0.1, 0.15) is 5.82 Å². The maximum atomic E-state index is 13.4. The fraction of sp³-hybridized carbons (Fsp3) is 0.267. The van der Waals surface area contributed by atoms with Crippen LogP contribution >= 0.6 is 31.9 Å². The van der Waals surface area contributed by atoms with Gasteiger partial charge in [0.25, 0.3) is 11.5 Å². The van der Waals surface area contributed by atoms with E-state index in [-0.39, 0.29) is 24.0 Å². The fourth-order valence-electron chi connectivity index (χ4n) is 3.97. The molecule has 10 heteroatoms. The van der Waals surface area contributed by atoms with Gasteiger partial charge in [-0.2, -0.15) is 9.78 Å². The van der Waals surface area contributed by atoms with Crippen molar-refractivity contribution >= 4 is 60.6 Å². The van der Waals surface area contributed by atoms with Gasteiger partial charge < -0.3 is 14.8 Å². The van der Waals surface area contributed by atoms with Crippen molar-refractivity contribution in [2.75, 3.05) is 18.5 Å². The molecule has 208 valence electrons. The van der Waals surface area contributed by atoms with Gasteiger partial charge in [0, 0.05) is 26.1 Å². The number of aryl methyl sites for hydroxylation is 1. The number of benzene rings is 3. The standard InChI is InChI=1S/C30H30Br2N4O4/c1-5-18(3)29-35-25-12-11-21(31)14-22(25)30(38)36(29)33-16-20-13-26(39-6-2)27(15-23(20)32)40-17-28(37)34-24-10-8-7-9-19(24)4/h7-16,18H,5-6,17H2,1-4H3,(H,34,37)/t18-/m0/s1. The molecule has 0 bridgehead atoms. The Morgan fingerprint density at radius 3 is 2.58 bits per heavy atom. The fourth-order valence-corrected chi connectivity index (χ4v) is 4.76. The lowest BCUT2D eigenvalue weighted by Gasteiger charge is -2.15. The molecule has 0 saturated carbocycles. The van der Waals surface area contributed by atoms with E-state index in [0.29, 0.717) is 44.9 Å². The summed E-state index contributed by atoms with van der Waals surface area (Å²) in [6.07, 6.45) is 2.38. The third-order valence-electron chi connectivity index (χ3n) is 6.34. The molecule has 0 radical (unpaired) electrons. The third-order valence-corrected chi connectivity index (χ3v) is 7.52. The van der Waals surface area contributed by atoms with Gasteiger partial charge in [-0.25, -0.2) is 4.98 Å². The Labute approximate surface area is 249 Å². The summed E-state index contributed by atoms with van der Waals surface area (Å²) in [4.78, 5) is 30.7. The van der Waals surface area contributed by atoms with Crippen molar-refractivity contribution in [3.05, 3.63) is 90.8 Å². The van der Waals surface area contributed by atoms with Crippen molar-refractivity contribution in [2.24, 2.45) is 5.10 Å². The smallest absolute Gasteiger partial charge is 0.282 e. The number of amides is 1. The van der Waals surface area contributed by atoms with Crippen molar-refractivity contribution < 1.29 is 14.3 Å². The average molecular weight is 670 g/mol. The molecule has 0 saturated heterocycles. The van der Waals surface area contributed by atoms with Crippen molar-refractivity contribution in [1.29, 1.82) is 0 Å². The van der Waals surface area contributed by atoms with Crippen molar-refractivity contribution in [2.45, 2.75) is 40.0 Å². The Morgan fingerprint density at radius 1 is 1.10 bits per heavy atom. The number of nitrogens with one attached hydrogen (secondary N) is 1. The summed E-state index contributed by atoms with van der Waals surface area (Å²) in [6.45, 7) is 8.05. The zero-order chi connectivity index (χ0) is 28.8. The van der Waals surface area contributed by atoms with Crippen molar-refractivity contribution in [1.82, 2.24) is 9.66 Å². The molecule has 0 aliphatic rings. The second kappa shape index (κ2) is 13.2. The summed E-state index contributed by atoms with van der Waals surface area (Å²) in [7, 11) is 0. The number of anilines is 1. The first-order valence-electron chi connectivity index (χ1n) is 12.9. The van der Waals surface area contributed by atoms with E-state index in [2.05, 4.69) is 42.3 Å². The number of carbonyl (C=O) groups excluding carboxylic acids is 1. The largest absolute Gasteiger partial charge is 0.490 e. The molecule has 0 spiro atoms. The highest BCUT2D eigenvalue weighted by molar-refractivity contribution is 9.10. The number of carbonyl (C=O) groups is 1. The van der Waals surface area contributed by atoms with E-state index in [1.54, 1.807) is 24.4 Å². The van der Waals surface area contributed by atoms with Gasteiger partial charge >= 0.3 is 0 Å². The molecule has 0 aliphatic carbocycles. The maximum absolute atomic E-state index is 13.4. The van der Waals surface area contributed by atoms with Gasteiger partial charge in [-0.3, -0.25) is 9.59 Å². The van der Waals surface area contributed by atoms with Crippen LogP contribution in [0.3, 0.4) is 0 Å². The van der Waals surface area contributed by atoms with Crippen LogP contribution in [0.2, 0.25) is 0 Å². The van der Waals surface area contributed by atoms with Gasteiger partial charge in [-0.1, -0.05) is 48.0 Å². The molecule has 8 nitrogen and oxygen atoms in total. The number of para-hydroxylation sites is 1. The number of halogens is 2. The van der Waals surface area contributed by atoms with Gasteiger partial charge in [0.2, 0.25) is 0 Å². The van der Waals surface area contributed by atoms with Gasteiger partial charge in [0.15, 0.2) is 18.1 Å². The van der Waals surface area contributed by atoms with Crippen LogP contribution in [0, 0.1) is 6.92 Å². The van der Waals surface area contributed by atoms with Gasteiger partial charge in [-0.05, 0) is 78.2 Å². The minimum Gasteiger partial charge on any atom is -0.490 e. The first-order chi connectivity index (χ1) is 19.2. The average Bonchev–Trinajstić information content (AvgIpc) is 2.94. The highest BCUT2D eigenvalue weighted by Crippen LogP contribution is 2.33. The number of fused-ring (bicyclic) bond motifs is 1. The minimum absolute atomic E-state index is 0.0157. The van der Waals surface area contributed by atoms with Crippen LogP contribution in [0.5, 0.6) is 11.5 Å². The molecule has 1 atom stereocenters. The molecule has 40 heavy (non-hydrogen) atoms. The molecule has 4 aromatic rings. The summed E-state index contributed by atoms with van der Waals surface area (Å²) < 4.78 is 14.4. The van der Waals surface area contributed by atoms with E-state index in [1.807, 2.05) is 64.1 Å². The van der Waals surface area contributed by atoms with Crippen LogP contribution in [0.1, 0.15) is 50.1 Å². The second-order valence-electron chi connectivity index (χ2n) is 9.21. The molecule has 0 fully saturated rings. The summed E-state index contributed by atoms with van der Waals surface area (Å²) in [6, 6.07) is 16.5. The zero-order valence-electron chi connectivity index (χ0n) is 22.7. The quantitative estimate of drug-likeness (QED) is 0.183. The van der Waals surface area contributed by atoms with Crippen LogP contribution in [0.25, 0.3) is 10.9 Å². The molecule has 1 heterocycles. The molecule has 3 aromatic carbocycles. The van der Waals surface area contributed by atoms with E-state index in [9.17, 15) is 9.59 Å². The molecule has 1 N–H and O–H groups in total. The van der Waals surface area contributed by atoms with Gasteiger partial charge in [-0.15, -0.1) is 0 Å². The summed E-state index contributed by atoms with van der Waals surface area (Å²) in [5.41, 5.74) is 2.73. The lowest BCUT2D eigenvalue weighted by Crippen LogP contribution is -2.23. The van der Waals surface area contributed by atoms with Crippen LogP contribution < -0.4 is 20.3 Å².